The van der Waals surface area contributed by atoms with E-state index in [1.54, 1.807) is 6.08 Å². The van der Waals surface area contributed by atoms with Gasteiger partial charge in [0.05, 0.1) is 0 Å². The quantitative estimate of drug-likeness (QED) is 0.738. The van der Waals surface area contributed by atoms with Gasteiger partial charge < -0.3 is 5.11 Å². The van der Waals surface area contributed by atoms with E-state index in [1.165, 1.54) is 18.9 Å². The number of hydrogen-bond donors (Lipinski definition) is 1. The highest BCUT2D eigenvalue weighted by molar-refractivity contribution is 5.85. The van der Waals surface area contributed by atoms with Gasteiger partial charge in [-0.3, -0.25) is 4.90 Å². The Balaban J connectivity index is 0.00000169. The predicted octanol–water partition coefficient (Wildman–Crippen LogP) is 1.92. The van der Waals surface area contributed by atoms with Crippen molar-refractivity contribution in [2.75, 3.05) is 13.1 Å². The molecule has 3 nitrogen and oxygen atoms in total. The van der Waals surface area contributed by atoms with E-state index in [2.05, 4.69) is 18.7 Å². The highest BCUT2D eigenvalue weighted by atomic mass is 35.5. The first kappa shape index (κ1) is 13.5. The molecule has 0 unspecified atom stereocenters. The van der Waals surface area contributed by atoms with Gasteiger partial charge in [0.1, 0.15) is 0 Å². The Kier molecular flexibility index (Phi) is 5.16. The van der Waals surface area contributed by atoms with E-state index in [1.807, 2.05) is 0 Å². The van der Waals surface area contributed by atoms with Gasteiger partial charge in [-0.1, -0.05) is 6.08 Å². The third kappa shape index (κ3) is 3.68. The summed E-state index contributed by atoms with van der Waals surface area (Å²) in [4.78, 5) is 12.5. The SMILES string of the molecule is CC1(C)CCCN1C/C=C/C(=O)O.Cl. The van der Waals surface area contributed by atoms with Gasteiger partial charge in [0.2, 0.25) is 0 Å². The van der Waals surface area contributed by atoms with E-state index in [0.29, 0.717) is 0 Å². The number of halogens is 1. The largest absolute Gasteiger partial charge is 0.478 e. The van der Waals surface area contributed by atoms with E-state index >= 15 is 0 Å². The van der Waals surface area contributed by atoms with Crippen LogP contribution in [0.5, 0.6) is 0 Å². The van der Waals surface area contributed by atoms with Crippen LogP contribution in [0, 0.1) is 0 Å². The fraction of sp³-hybridized carbons (Fsp3) is 0.700. The molecule has 1 N–H and O–H groups in total. The summed E-state index contributed by atoms with van der Waals surface area (Å²) < 4.78 is 0. The summed E-state index contributed by atoms with van der Waals surface area (Å²) in [5, 5.41) is 8.41. The Hall–Kier alpha value is -0.540. The molecule has 0 bridgehead atoms. The zero-order valence-electron chi connectivity index (χ0n) is 8.69. The van der Waals surface area contributed by atoms with E-state index in [4.69, 9.17) is 5.11 Å². The van der Waals surface area contributed by atoms with E-state index < -0.39 is 5.97 Å². The molecule has 0 spiro atoms. The van der Waals surface area contributed by atoms with E-state index in [-0.39, 0.29) is 17.9 Å². The smallest absolute Gasteiger partial charge is 0.328 e. The first-order chi connectivity index (χ1) is 6.02. The monoisotopic (exact) mass is 219 g/mol. The Morgan fingerprint density at radius 1 is 1.57 bits per heavy atom. The molecule has 0 radical (unpaired) electrons. The lowest BCUT2D eigenvalue weighted by Crippen LogP contribution is -2.38. The zero-order valence-corrected chi connectivity index (χ0v) is 9.51. The Morgan fingerprint density at radius 3 is 2.64 bits per heavy atom. The minimum Gasteiger partial charge on any atom is -0.478 e. The number of nitrogens with zero attached hydrogens (tertiary/aromatic N) is 1. The number of rotatable bonds is 3. The summed E-state index contributed by atoms with van der Waals surface area (Å²) in [5.74, 6) is -0.864. The van der Waals surface area contributed by atoms with Crippen molar-refractivity contribution in [3.8, 4) is 0 Å². The van der Waals surface area contributed by atoms with Crippen LogP contribution in [0.1, 0.15) is 26.7 Å². The molecule has 0 aromatic heterocycles. The molecule has 1 aliphatic heterocycles. The lowest BCUT2D eigenvalue weighted by Gasteiger charge is -2.30. The topological polar surface area (TPSA) is 40.5 Å². The van der Waals surface area contributed by atoms with Crippen LogP contribution in [-0.4, -0.2) is 34.6 Å². The highest BCUT2D eigenvalue weighted by Crippen LogP contribution is 2.27. The molecule has 1 rings (SSSR count). The predicted molar refractivity (Wildman–Crippen MR) is 58.9 cm³/mol. The lowest BCUT2D eigenvalue weighted by molar-refractivity contribution is -0.131. The molecule has 82 valence electrons. The lowest BCUT2D eigenvalue weighted by atomic mass is 10.0. The fourth-order valence-corrected chi connectivity index (χ4v) is 1.78. The summed E-state index contributed by atoms with van der Waals surface area (Å²) in [5.41, 5.74) is 0.239. The van der Waals surface area contributed by atoms with Crippen LogP contribution in [0.2, 0.25) is 0 Å². The minimum absolute atomic E-state index is 0. The van der Waals surface area contributed by atoms with Gasteiger partial charge >= 0.3 is 5.97 Å². The summed E-state index contributed by atoms with van der Waals surface area (Å²) in [6.07, 6.45) is 5.35. The highest BCUT2D eigenvalue weighted by Gasteiger charge is 2.30. The molecule has 1 aliphatic rings. The van der Waals surface area contributed by atoms with Gasteiger partial charge in [-0.05, 0) is 33.2 Å². The Labute approximate surface area is 91.2 Å². The summed E-state index contributed by atoms with van der Waals surface area (Å²) in [6, 6.07) is 0. The van der Waals surface area contributed by atoms with E-state index in [0.717, 1.165) is 13.1 Å². The molecule has 1 fully saturated rings. The van der Waals surface area contributed by atoms with Crippen LogP contribution in [0.25, 0.3) is 0 Å². The molecule has 0 amide bonds. The average molecular weight is 220 g/mol. The summed E-state index contributed by atoms with van der Waals surface area (Å²) in [6.45, 7) is 6.24. The zero-order chi connectivity index (χ0) is 9.90. The third-order valence-electron chi connectivity index (χ3n) is 2.66. The van der Waals surface area contributed by atoms with Crippen LogP contribution in [0.4, 0.5) is 0 Å². The van der Waals surface area contributed by atoms with Crippen molar-refractivity contribution >= 4 is 18.4 Å². The van der Waals surface area contributed by atoms with Crippen molar-refractivity contribution in [2.45, 2.75) is 32.2 Å². The Morgan fingerprint density at radius 2 is 2.21 bits per heavy atom. The van der Waals surface area contributed by atoms with Crippen LogP contribution in [-0.2, 0) is 4.79 Å². The molecule has 0 atom stereocenters. The minimum atomic E-state index is -0.864. The molecular weight excluding hydrogens is 202 g/mol. The van der Waals surface area contributed by atoms with Gasteiger partial charge in [0.15, 0.2) is 0 Å². The van der Waals surface area contributed by atoms with Gasteiger partial charge in [0.25, 0.3) is 0 Å². The van der Waals surface area contributed by atoms with Crippen LogP contribution >= 0.6 is 12.4 Å². The van der Waals surface area contributed by atoms with Crippen molar-refractivity contribution in [2.24, 2.45) is 0 Å². The Bertz CT molecular complexity index is 226. The second-order valence-electron chi connectivity index (χ2n) is 4.10. The number of likely N-dealkylation sites (tertiary alicyclic amines) is 1. The number of carboxylic acid groups (broad SMARTS) is 1. The molecule has 4 heteroatoms. The molecule has 1 saturated heterocycles. The van der Waals surface area contributed by atoms with Gasteiger partial charge in [-0.2, -0.15) is 0 Å². The number of aliphatic carboxylic acids is 1. The van der Waals surface area contributed by atoms with Crippen LogP contribution in [0.3, 0.4) is 0 Å². The van der Waals surface area contributed by atoms with Crippen molar-refractivity contribution in [1.29, 1.82) is 0 Å². The second-order valence-corrected chi connectivity index (χ2v) is 4.10. The van der Waals surface area contributed by atoms with Crippen molar-refractivity contribution in [1.82, 2.24) is 4.90 Å². The normalized spacial score (nSPS) is 21.0. The van der Waals surface area contributed by atoms with Gasteiger partial charge in [-0.25, -0.2) is 4.79 Å². The van der Waals surface area contributed by atoms with Crippen molar-refractivity contribution < 1.29 is 9.90 Å². The molecule has 0 saturated carbocycles. The van der Waals surface area contributed by atoms with Crippen LogP contribution in [0.15, 0.2) is 12.2 Å². The summed E-state index contributed by atoms with van der Waals surface area (Å²) in [7, 11) is 0. The third-order valence-corrected chi connectivity index (χ3v) is 2.66. The molecule has 0 aliphatic carbocycles. The molecule has 1 heterocycles. The first-order valence-corrected chi connectivity index (χ1v) is 4.67. The number of carbonyl (C=O) groups is 1. The second kappa shape index (κ2) is 5.37. The molecule has 14 heavy (non-hydrogen) atoms. The standard InChI is InChI=1S/C10H17NO2.ClH/c1-10(2)6-4-8-11(10)7-3-5-9(12)13;/h3,5H,4,6-8H2,1-2H3,(H,12,13);1H/b5-3+;. The van der Waals surface area contributed by atoms with E-state index in [9.17, 15) is 4.79 Å². The maximum atomic E-state index is 10.2. The van der Waals surface area contributed by atoms with Crippen LogP contribution < -0.4 is 0 Å². The number of hydrogen-bond acceptors (Lipinski definition) is 2. The first-order valence-electron chi connectivity index (χ1n) is 4.67. The van der Waals surface area contributed by atoms with Gasteiger partial charge in [0, 0.05) is 18.2 Å². The average Bonchev–Trinajstić information content (AvgIpc) is 2.30. The van der Waals surface area contributed by atoms with Gasteiger partial charge in [-0.15, -0.1) is 12.4 Å². The number of carboxylic acids is 1. The summed E-state index contributed by atoms with van der Waals surface area (Å²) >= 11 is 0. The maximum absolute atomic E-state index is 10.2. The molecular formula is C10H18ClNO2. The van der Waals surface area contributed by atoms with Crippen molar-refractivity contribution in [3.63, 3.8) is 0 Å². The fourth-order valence-electron chi connectivity index (χ4n) is 1.78. The molecule has 0 aromatic carbocycles. The maximum Gasteiger partial charge on any atom is 0.328 e. The van der Waals surface area contributed by atoms with Crippen molar-refractivity contribution in [3.05, 3.63) is 12.2 Å². The molecule has 0 aromatic rings.